The summed E-state index contributed by atoms with van der Waals surface area (Å²) in [4.78, 5) is 24.6. The summed E-state index contributed by atoms with van der Waals surface area (Å²) >= 11 is 0. The van der Waals surface area contributed by atoms with E-state index in [1.165, 1.54) is 30.4 Å². The van der Waals surface area contributed by atoms with Gasteiger partial charge in [0.15, 0.2) is 5.78 Å². The van der Waals surface area contributed by atoms with Crippen LogP contribution in [-0.4, -0.2) is 51.9 Å². The fraction of sp³-hybridized carbons (Fsp3) is 0.400. The smallest absolute Gasteiger partial charge is 0.342 e. The average Bonchev–Trinajstić information content (AvgIpc) is 2.62. The molecule has 0 bridgehead atoms. The number of aliphatic hydroxyl groups is 2. The molecule has 0 unspecified atom stereocenters. The number of carbonyl (C=O) groups excluding carboxylic acids is 2. The van der Waals surface area contributed by atoms with Crippen LogP contribution in [0, 0.1) is 5.92 Å². The van der Waals surface area contributed by atoms with Crippen LogP contribution in [0.25, 0.3) is 6.08 Å². The number of esters is 1. The van der Waals surface area contributed by atoms with Crippen LogP contribution in [-0.2, 0) is 9.53 Å². The maximum atomic E-state index is 12.6. The van der Waals surface area contributed by atoms with Crippen molar-refractivity contribution in [2.75, 3.05) is 11.9 Å². The van der Waals surface area contributed by atoms with Crippen molar-refractivity contribution in [2.24, 2.45) is 5.92 Å². The lowest BCUT2D eigenvalue weighted by atomic mass is 10.0. The molecule has 0 fully saturated rings. The first-order chi connectivity index (χ1) is 12.7. The van der Waals surface area contributed by atoms with E-state index in [-0.39, 0.29) is 17.2 Å². The Morgan fingerprint density at radius 2 is 1.81 bits per heavy atom. The van der Waals surface area contributed by atoms with Gasteiger partial charge in [0, 0.05) is 24.2 Å². The standard InChI is InChI=1S/C20H25NO6/c1-4-21-14-9-13-6-8-16(23)19(25)15(22)7-5-11(2)12(3)27-20(26)18(13)17(24)10-14/h5-12,16,19,21,23-25H,4H2,1-3H3/b7-5-,8-6+/t11-,12+,16+,19-/m1/s1. The Hall–Kier alpha value is -2.64. The second-order valence-corrected chi connectivity index (χ2v) is 6.52. The van der Waals surface area contributed by atoms with Crippen molar-refractivity contribution in [1.29, 1.82) is 0 Å². The predicted octanol–water partition coefficient (Wildman–Crippen LogP) is 1.88. The number of ether oxygens (including phenoxy) is 1. The lowest BCUT2D eigenvalue weighted by molar-refractivity contribution is -0.126. The number of hydrogen-bond donors (Lipinski definition) is 4. The molecule has 1 aromatic rings. The van der Waals surface area contributed by atoms with E-state index in [2.05, 4.69) is 5.32 Å². The van der Waals surface area contributed by atoms with E-state index in [1.807, 2.05) is 6.92 Å². The van der Waals surface area contributed by atoms with Gasteiger partial charge in [0.2, 0.25) is 0 Å². The average molecular weight is 375 g/mol. The molecule has 0 aliphatic carbocycles. The van der Waals surface area contributed by atoms with Gasteiger partial charge >= 0.3 is 5.97 Å². The van der Waals surface area contributed by atoms with E-state index in [0.717, 1.165) is 0 Å². The highest BCUT2D eigenvalue weighted by molar-refractivity contribution is 5.98. The molecule has 27 heavy (non-hydrogen) atoms. The highest BCUT2D eigenvalue weighted by Crippen LogP contribution is 2.29. The highest BCUT2D eigenvalue weighted by Gasteiger charge is 2.25. The fourth-order valence-corrected chi connectivity index (χ4v) is 2.62. The number of aromatic hydroxyl groups is 1. The minimum atomic E-state index is -1.63. The Morgan fingerprint density at radius 1 is 1.11 bits per heavy atom. The fourth-order valence-electron chi connectivity index (χ4n) is 2.62. The topological polar surface area (TPSA) is 116 Å². The van der Waals surface area contributed by atoms with Gasteiger partial charge in [-0.15, -0.1) is 0 Å². The second kappa shape index (κ2) is 8.83. The SMILES string of the molecule is CCNc1cc(O)c2c(c1)/C=C/[C@H](O)[C@H](O)C(=O)/C=C\[C@@H](C)[C@H](C)OC2=O. The molecule has 0 radical (unpaired) electrons. The number of cyclic esters (lactones) is 1. The number of hydrogen-bond acceptors (Lipinski definition) is 7. The third-order valence-electron chi connectivity index (χ3n) is 4.42. The number of benzene rings is 1. The molecule has 7 nitrogen and oxygen atoms in total. The van der Waals surface area contributed by atoms with E-state index < -0.39 is 30.1 Å². The van der Waals surface area contributed by atoms with Crippen molar-refractivity contribution >= 4 is 23.5 Å². The summed E-state index contributed by atoms with van der Waals surface area (Å²) in [7, 11) is 0. The van der Waals surface area contributed by atoms with E-state index in [0.29, 0.717) is 17.8 Å². The van der Waals surface area contributed by atoms with E-state index in [9.17, 15) is 24.9 Å². The molecule has 0 spiro atoms. The molecular weight excluding hydrogens is 350 g/mol. The summed E-state index contributed by atoms with van der Waals surface area (Å²) in [5.74, 6) is -1.96. The molecule has 1 aromatic carbocycles. The highest BCUT2D eigenvalue weighted by atomic mass is 16.5. The molecule has 1 heterocycles. The molecular formula is C20H25NO6. The number of aliphatic hydroxyl groups excluding tert-OH is 2. The van der Waals surface area contributed by atoms with Crippen LogP contribution < -0.4 is 5.32 Å². The van der Waals surface area contributed by atoms with Crippen LogP contribution in [0.1, 0.15) is 36.7 Å². The Bertz CT molecular complexity index is 770. The van der Waals surface area contributed by atoms with Crippen LogP contribution in [0.15, 0.2) is 30.4 Å². The number of phenolic OH excluding ortho intramolecular Hbond substituents is 1. The molecule has 146 valence electrons. The lowest BCUT2D eigenvalue weighted by Gasteiger charge is -2.19. The van der Waals surface area contributed by atoms with Gasteiger partial charge in [-0.3, -0.25) is 4.79 Å². The normalized spacial score (nSPS) is 28.8. The van der Waals surface area contributed by atoms with Gasteiger partial charge in [0.1, 0.15) is 29.6 Å². The van der Waals surface area contributed by atoms with Crippen LogP contribution in [0.4, 0.5) is 5.69 Å². The number of phenols is 1. The van der Waals surface area contributed by atoms with Gasteiger partial charge < -0.3 is 25.4 Å². The van der Waals surface area contributed by atoms with Crippen molar-refractivity contribution in [1.82, 2.24) is 0 Å². The van der Waals surface area contributed by atoms with E-state index in [4.69, 9.17) is 4.74 Å². The third kappa shape index (κ3) is 4.96. The Kier molecular flexibility index (Phi) is 6.76. The Balaban J connectivity index is 2.56. The Labute approximate surface area is 158 Å². The first-order valence-electron chi connectivity index (χ1n) is 8.82. The molecule has 0 saturated carbocycles. The maximum absolute atomic E-state index is 12.6. The van der Waals surface area contributed by atoms with Crippen molar-refractivity contribution in [3.63, 3.8) is 0 Å². The summed E-state index contributed by atoms with van der Waals surface area (Å²) in [5.41, 5.74) is 0.814. The van der Waals surface area contributed by atoms with Gasteiger partial charge in [0.25, 0.3) is 0 Å². The maximum Gasteiger partial charge on any atom is 0.342 e. The van der Waals surface area contributed by atoms with Crippen LogP contribution >= 0.6 is 0 Å². The van der Waals surface area contributed by atoms with Crippen molar-refractivity contribution < 1.29 is 29.6 Å². The third-order valence-corrected chi connectivity index (χ3v) is 4.42. The molecule has 0 amide bonds. The van der Waals surface area contributed by atoms with Gasteiger partial charge in [-0.2, -0.15) is 0 Å². The van der Waals surface area contributed by atoms with Crippen molar-refractivity contribution in [2.45, 2.75) is 39.1 Å². The first kappa shape index (κ1) is 20.7. The van der Waals surface area contributed by atoms with Crippen LogP contribution in [0.3, 0.4) is 0 Å². The number of nitrogens with one attached hydrogen (secondary N) is 1. The predicted molar refractivity (Wildman–Crippen MR) is 102 cm³/mol. The molecule has 1 aliphatic rings. The van der Waals surface area contributed by atoms with Gasteiger partial charge in [0.05, 0.1) is 0 Å². The Morgan fingerprint density at radius 3 is 2.48 bits per heavy atom. The first-order valence-corrected chi connectivity index (χ1v) is 8.82. The summed E-state index contributed by atoms with van der Waals surface area (Å²) in [6, 6.07) is 3.03. The van der Waals surface area contributed by atoms with Gasteiger partial charge in [-0.1, -0.05) is 25.2 Å². The minimum Gasteiger partial charge on any atom is -0.507 e. The molecule has 4 N–H and O–H groups in total. The zero-order valence-electron chi connectivity index (χ0n) is 15.5. The molecule has 0 aromatic heterocycles. The lowest BCUT2D eigenvalue weighted by Crippen LogP contribution is -2.31. The van der Waals surface area contributed by atoms with Crippen LogP contribution in [0.5, 0.6) is 5.75 Å². The number of anilines is 1. The van der Waals surface area contributed by atoms with E-state index in [1.54, 1.807) is 19.9 Å². The summed E-state index contributed by atoms with van der Waals surface area (Å²) in [5, 5.41) is 33.4. The summed E-state index contributed by atoms with van der Waals surface area (Å²) in [6.45, 7) is 5.90. The zero-order chi connectivity index (χ0) is 20.1. The summed E-state index contributed by atoms with van der Waals surface area (Å²) < 4.78 is 5.43. The largest absolute Gasteiger partial charge is 0.507 e. The zero-order valence-corrected chi connectivity index (χ0v) is 15.5. The number of fused-ring (bicyclic) bond motifs is 1. The molecule has 0 saturated heterocycles. The number of ketones is 1. The monoisotopic (exact) mass is 375 g/mol. The van der Waals surface area contributed by atoms with Gasteiger partial charge in [-0.05, 0) is 31.6 Å². The summed E-state index contributed by atoms with van der Waals surface area (Å²) in [6.07, 6.45) is 1.57. The molecule has 4 atom stereocenters. The number of rotatable bonds is 2. The molecule has 7 heteroatoms. The molecule has 1 aliphatic heterocycles. The second-order valence-electron chi connectivity index (χ2n) is 6.52. The number of carbonyl (C=O) groups is 2. The van der Waals surface area contributed by atoms with Gasteiger partial charge in [-0.25, -0.2) is 4.79 Å². The van der Waals surface area contributed by atoms with Crippen molar-refractivity contribution in [3.05, 3.63) is 41.5 Å². The minimum absolute atomic E-state index is 0.0526. The van der Waals surface area contributed by atoms with E-state index >= 15 is 0 Å². The van der Waals surface area contributed by atoms with Crippen molar-refractivity contribution in [3.8, 4) is 5.75 Å². The van der Waals surface area contributed by atoms with Crippen LogP contribution in [0.2, 0.25) is 0 Å². The quantitative estimate of drug-likeness (QED) is 0.583. The molecule has 2 rings (SSSR count).